The highest BCUT2D eigenvalue weighted by Crippen LogP contribution is 2.46. The van der Waals surface area contributed by atoms with Gasteiger partial charge in [-0.3, -0.25) is 0 Å². The van der Waals surface area contributed by atoms with Crippen LogP contribution in [0.3, 0.4) is 0 Å². The molecule has 1 nitrogen and oxygen atoms in total. The zero-order valence-corrected chi connectivity index (χ0v) is 14.1. The number of nitrogens with zero attached hydrogens (tertiary/aromatic N) is 1. The van der Waals surface area contributed by atoms with Gasteiger partial charge in [-0.15, -0.1) is 0 Å². The van der Waals surface area contributed by atoms with Crippen LogP contribution in [0, 0.1) is 0 Å². The van der Waals surface area contributed by atoms with E-state index in [1.54, 1.807) is 25.1 Å². The van der Waals surface area contributed by atoms with E-state index in [0.29, 0.717) is 5.69 Å². The number of benzene rings is 1. The molecule has 0 saturated carbocycles. The SMILES string of the molecule is CN(C)c1ccc(C(F)(F)F)c(C2CC=C(Cl)C(Cl)=C2Cl)c1. The molecule has 1 aromatic carbocycles. The van der Waals surface area contributed by atoms with Gasteiger partial charge in [0, 0.05) is 30.7 Å². The lowest BCUT2D eigenvalue weighted by molar-refractivity contribution is -0.138. The maximum absolute atomic E-state index is 13.3. The summed E-state index contributed by atoms with van der Waals surface area (Å²) in [6.45, 7) is 0. The highest BCUT2D eigenvalue weighted by atomic mass is 35.5. The topological polar surface area (TPSA) is 3.24 Å². The predicted octanol–water partition coefficient (Wildman–Crippen LogP) is 6.07. The summed E-state index contributed by atoms with van der Waals surface area (Å²) in [6.07, 6.45) is -2.61. The first-order valence-corrected chi connectivity index (χ1v) is 7.56. The molecule has 0 N–H and O–H groups in total. The molecule has 0 aromatic heterocycles. The van der Waals surface area contributed by atoms with Crippen LogP contribution in [0.5, 0.6) is 0 Å². The second-order valence-electron chi connectivity index (χ2n) is 5.17. The molecule has 0 bridgehead atoms. The number of hydrogen-bond donors (Lipinski definition) is 0. The molecule has 2 rings (SSSR count). The minimum Gasteiger partial charge on any atom is -0.378 e. The Balaban J connectivity index is 2.60. The molecule has 1 aromatic rings. The fourth-order valence-electron chi connectivity index (χ4n) is 2.32. The molecular weight excluding hydrogens is 358 g/mol. The molecule has 0 amide bonds. The standard InChI is InChI=1S/C15H13Cl3F3N/c1-22(2)8-3-5-11(15(19,20)21)10(7-8)9-4-6-12(16)14(18)13(9)17/h3,5-7,9H,4H2,1-2H3. The van der Waals surface area contributed by atoms with E-state index in [2.05, 4.69) is 0 Å². The third-order valence-corrected chi connectivity index (χ3v) is 4.89. The lowest BCUT2D eigenvalue weighted by Crippen LogP contribution is -2.16. The van der Waals surface area contributed by atoms with Gasteiger partial charge in [0.05, 0.1) is 15.6 Å². The van der Waals surface area contributed by atoms with Gasteiger partial charge in [-0.05, 0) is 30.2 Å². The molecule has 1 unspecified atom stereocenters. The van der Waals surface area contributed by atoms with E-state index >= 15 is 0 Å². The molecule has 0 saturated heterocycles. The van der Waals surface area contributed by atoms with Gasteiger partial charge in [-0.1, -0.05) is 40.9 Å². The monoisotopic (exact) mass is 369 g/mol. The van der Waals surface area contributed by atoms with Gasteiger partial charge in [0.1, 0.15) is 0 Å². The van der Waals surface area contributed by atoms with E-state index in [9.17, 15) is 13.2 Å². The van der Waals surface area contributed by atoms with Gasteiger partial charge in [-0.25, -0.2) is 0 Å². The van der Waals surface area contributed by atoms with E-state index < -0.39 is 17.7 Å². The molecule has 1 aliphatic carbocycles. The first kappa shape index (κ1) is 17.5. The average Bonchev–Trinajstić information content (AvgIpc) is 2.43. The van der Waals surface area contributed by atoms with Crippen molar-refractivity contribution in [1.29, 1.82) is 0 Å². The Morgan fingerprint density at radius 1 is 1.14 bits per heavy atom. The molecule has 0 fully saturated rings. The van der Waals surface area contributed by atoms with E-state index in [-0.39, 0.29) is 27.1 Å². The van der Waals surface area contributed by atoms with Crippen molar-refractivity contribution in [2.45, 2.75) is 18.5 Å². The maximum atomic E-state index is 13.3. The summed E-state index contributed by atoms with van der Waals surface area (Å²) in [6, 6.07) is 3.99. The zero-order valence-electron chi connectivity index (χ0n) is 11.8. The van der Waals surface area contributed by atoms with E-state index in [1.165, 1.54) is 12.1 Å². The van der Waals surface area contributed by atoms with Crippen LogP contribution in [0.4, 0.5) is 18.9 Å². The van der Waals surface area contributed by atoms with Crippen molar-refractivity contribution in [1.82, 2.24) is 0 Å². The average molecular weight is 371 g/mol. The summed E-state index contributed by atoms with van der Waals surface area (Å²) in [4.78, 5) is 1.73. The molecule has 1 aliphatic rings. The van der Waals surface area contributed by atoms with Crippen LogP contribution in [-0.2, 0) is 6.18 Å². The summed E-state index contributed by atoms with van der Waals surface area (Å²) in [7, 11) is 3.52. The van der Waals surface area contributed by atoms with Crippen LogP contribution < -0.4 is 4.90 Å². The summed E-state index contributed by atoms with van der Waals surface area (Å²) >= 11 is 18.0. The van der Waals surface area contributed by atoms with Crippen LogP contribution in [0.2, 0.25) is 0 Å². The van der Waals surface area contributed by atoms with Crippen LogP contribution in [0.1, 0.15) is 23.5 Å². The second kappa shape index (κ2) is 6.34. The van der Waals surface area contributed by atoms with Crippen LogP contribution in [0.15, 0.2) is 39.4 Å². The van der Waals surface area contributed by atoms with Crippen molar-refractivity contribution in [3.63, 3.8) is 0 Å². The zero-order chi connectivity index (χ0) is 16.7. The van der Waals surface area contributed by atoms with Crippen molar-refractivity contribution in [2.75, 3.05) is 19.0 Å². The van der Waals surface area contributed by atoms with Crippen molar-refractivity contribution < 1.29 is 13.2 Å². The molecule has 0 aliphatic heterocycles. The Kier molecular flexibility index (Phi) is 5.05. The Morgan fingerprint density at radius 2 is 1.77 bits per heavy atom. The summed E-state index contributed by atoms with van der Waals surface area (Å²) in [5.41, 5.74) is 0.0450. The number of hydrogen-bond acceptors (Lipinski definition) is 1. The van der Waals surface area contributed by atoms with Crippen molar-refractivity contribution in [3.8, 4) is 0 Å². The minimum absolute atomic E-state index is 0.0993. The summed E-state index contributed by atoms with van der Waals surface area (Å²) < 4.78 is 39.9. The molecular formula is C15H13Cl3F3N. The Bertz CT molecular complexity index is 648. The van der Waals surface area contributed by atoms with Crippen molar-refractivity contribution in [2.24, 2.45) is 0 Å². The third-order valence-electron chi connectivity index (χ3n) is 3.49. The highest BCUT2D eigenvalue weighted by molar-refractivity contribution is 6.48. The fourth-order valence-corrected chi connectivity index (χ4v) is 3.08. The quantitative estimate of drug-likeness (QED) is 0.610. The molecule has 0 radical (unpaired) electrons. The van der Waals surface area contributed by atoms with Crippen LogP contribution in [0.25, 0.3) is 0 Å². The van der Waals surface area contributed by atoms with Gasteiger partial charge in [0.2, 0.25) is 0 Å². The lowest BCUT2D eigenvalue weighted by Gasteiger charge is -2.26. The highest BCUT2D eigenvalue weighted by Gasteiger charge is 2.37. The molecule has 7 heteroatoms. The predicted molar refractivity (Wildman–Crippen MR) is 85.8 cm³/mol. The normalized spacial score (nSPS) is 19.3. The summed E-state index contributed by atoms with van der Waals surface area (Å²) in [5.74, 6) is -0.659. The first-order chi connectivity index (χ1) is 10.1. The number of rotatable bonds is 2. The Labute approximate surface area is 141 Å². The smallest absolute Gasteiger partial charge is 0.378 e. The van der Waals surface area contributed by atoms with Crippen molar-refractivity contribution in [3.05, 3.63) is 50.5 Å². The minimum atomic E-state index is -4.46. The molecule has 120 valence electrons. The Hall–Kier alpha value is -0.840. The number of allylic oxidation sites excluding steroid dienone is 4. The number of halogens is 6. The van der Waals surface area contributed by atoms with Gasteiger partial charge in [-0.2, -0.15) is 13.2 Å². The summed E-state index contributed by atoms with van der Waals surface area (Å²) in [5, 5.41) is 0.499. The molecule has 22 heavy (non-hydrogen) atoms. The van der Waals surface area contributed by atoms with E-state index in [1.807, 2.05) is 0 Å². The molecule has 0 spiro atoms. The van der Waals surface area contributed by atoms with Crippen LogP contribution in [-0.4, -0.2) is 14.1 Å². The van der Waals surface area contributed by atoms with E-state index in [0.717, 1.165) is 6.07 Å². The van der Waals surface area contributed by atoms with Gasteiger partial charge in [0.25, 0.3) is 0 Å². The van der Waals surface area contributed by atoms with E-state index in [4.69, 9.17) is 34.8 Å². The third kappa shape index (κ3) is 3.39. The van der Waals surface area contributed by atoms with Gasteiger partial charge in [0.15, 0.2) is 0 Å². The Morgan fingerprint density at radius 3 is 2.32 bits per heavy atom. The largest absolute Gasteiger partial charge is 0.416 e. The number of alkyl halides is 3. The maximum Gasteiger partial charge on any atom is 0.416 e. The lowest BCUT2D eigenvalue weighted by atomic mass is 9.88. The first-order valence-electron chi connectivity index (χ1n) is 6.42. The van der Waals surface area contributed by atoms with Crippen LogP contribution >= 0.6 is 34.8 Å². The number of anilines is 1. The second-order valence-corrected chi connectivity index (χ2v) is 6.36. The molecule has 1 atom stereocenters. The fraction of sp³-hybridized carbons (Fsp3) is 0.333. The van der Waals surface area contributed by atoms with Gasteiger partial charge < -0.3 is 4.90 Å². The van der Waals surface area contributed by atoms with Crippen molar-refractivity contribution >= 4 is 40.5 Å². The molecule has 0 heterocycles. The van der Waals surface area contributed by atoms with Gasteiger partial charge >= 0.3 is 6.18 Å².